The van der Waals surface area contributed by atoms with Crippen LogP contribution in [-0.4, -0.2) is 60.6 Å². The Morgan fingerprint density at radius 2 is 2.19 bits per heavy atom. The molecule has 1 aliphatic heterocycles. The van der Waals surface area contributed by atoms with E-state index >= 15 is 0 Å². The first kappa shape index (κ1) is 13.5. The van der Waals surface area contributed by atoms with Crippen molar-refractivity contribution < 1.29 is 9.90 Å². The van der Waals surface area contributed by atoms with Gasteiger partial charge < -0.3 is 14.9 Å². The highest BCUT2D eigenvalue weighted by Crippen LogP contribution is 2.16. The van der Waals surface area contributed by atoms with Gasteiger partial charge in [-0.1, -0.05) is 6.92 Å². The highest BCUT2D eigenvalue weighted by Gasteiger charge is 2.22. The lowest BCUT2D eigenvalue weighted by atomic mass is 10.1. The molecule has 0 amide bonds. The van der Waals surface area contributed by atoms with E-state index in [2.05, 4.69) is 23.9 Å². The van der Waals surface area contributed by atoms with Crippen LogP contribution in [0.5, 0.6) is 0 Å². The predicted molar refractivity (Wildman–Crippen MR) is 64.6 cm³/mol. The summed E-state index contributed by atoms with van der Waals surface area (Å²) in [5, 5.41) is 8.89. The van der Waals surface area contributed by atoms with Gasteiger partial charge in [0.25, 0.3) is 0 Å². The van der Waals surface area contributed by atoms with Crippen molar-refractivity contribution in [3.63, 3.8) is 0 Å². The van der Waals surface area contributed by atoms with Crippen LogP contribution < -0.4 is 0 Å². The summed E-state index contributed by atoms with van der Waals surface area (Å²) in [7, 11) is 4.21. The smallest absolute Gasteiger partial charge is 0.307 e. The van der Waals surface area contributed by atoms with Gasteiger partial charge in [0.05, 0.1) is 5.92 Å². The van der Waals surface area contributed by atoms with E-state index in [-0.39, 0.29) is 5.92 Å². The molecule has 1 fully saturated rings. The van der Waals surface area contributed by atoms with Gasteiger partial charge in [0.15, 0.2) is 0 Å². The normalized spacial score (nSPS) is 25.4. The van der Waals surface area contributed by atoms with Gasteiger partial charge in [-0.3, -0.25) is 4.79 Å². The molecule has 1 heterocycles. The number of rotatable bonds is 4. The molecular formula is C12H24N2O2. The first-order valence-corrected chi connectivity index (χ1v) is 6.12. The Bertz CT molecular complexity index is 233. The summed E-state index contributed by atoms with van der Waals surface area (Å²) in [6.45, 7) is 4.72. The molecule has 94 valence electrons. The molecule has 0 saturated carbocycles. The van der Waals surface area contributed by atoms with Gasteiger partial charge in [0.2, 0.25) is 0 Å². The first-order chi connectivity index (χ1) is 7.50. The highest BCUT2D eigenvalue weighted by atomic mass is 16.4. The molecule has 0 aliphatic carbocycles. The molecule has 1 saturated heterocycles. The lowest BCUT2D eigenvalue weighted by Crippen LogP contribution is -2.37. The Hall–Kier alpha value is -0.610. The van der Waals surface area contributed by atoms with Crippen LogP contribution in [0, 0.1) is 5.92 Å². The zero-order valence-electron chi connectivity index (χ0n) is 10.6. The first-order valence-electron chi connectivity index (χ1n) is 6.12. The third-order valence-corrected chi connectivity index (χ3v) is 3.53. The summed E-state index contributed by atoms with van der Waals surface area (Å²) in [6.07, 6.45) is 3.56. The van der Waals surface area contributed by atoms with Crippen molar-refractivity contribution in [3.05, 3.63) is 0 Å². The van der Waals surface area contributed by atoms with Crippen molar-refractivity contribution in [1.29, 1.82) is 0 Å². The number of carboxylic acids is 1. The van der Waals surface area contributed by atoms with Gasteiger partial charge in [-0.2, -0.15) is 0 Å². The zero-order chi connectivity index (χ0) is 12.1. The Morgan fingerprint density at radius 1 is 1.50 bits per heavy atom. The summed E-state index contributed by atoms with van der Waals surface area (Å²) >= 11 is 0. The SMILES string of the molecule is CC(CN(C)C1CCCN(C)CC1)C(=O)O. The molecule has 1 aliphatic rings. The van der Waals surface area contributed by atoms with Crippen LogP contribution in [-0.2, 0) is 4.79 Å². The second-order valence-corrected chi connectivity index (χ2v) is 5.07. The Morgan fingerprint density at radius 3 is 2.81 bits per heavy atom. The average molecular weight is 228 g/mol. The predicted octanol–water partition coefficient (Wildman–Crippen LogP) is 1.12. The lowest BCUT2D eigenvalue weighted by Gasteiger charge is -2.28. The topological polar surface area (TPSA) is 43.8 Å². The molecule has 4 heteroatoms. The van der Waals surface area contributed by atoms with Crippen LogP contribution in [0.15, 0.2) is 0 Å². The van der Waals surface area contributed by atoms with E-state index in [0.29, 0.717) is 12.6 Å². The molecule has 0 bridgehead atoms. The van der Waals surface area contributed by atoms with Crippen molar-refractivity contribution >= 4 is 5.97 Å². The van der Waals surface area contributed by atoms with Gasteiger partial charge in [-0.25, -0.2) is 0 Å². The van der Waals surface area contributed by atoms with Crippen LogP contribution in [0.1, 0.15) is 26.2 Å². The Kier molecular flexibility index (Phi) is 5.22. The van der Waals surface area contributed by atoms with Crippen LogP contribution >= 0.6 is 0 Å². The van der Waals surface area contributed by atoms with Gasteiger partial charge in [0, 0.05) is 12.6 Å². The van der Waals surface area contributed by atoms with Crippen molar-refractivity contribution in [2.45, 2.75) is 32.2 Å². The molecule has 2 atom stereocenters. The molecule has 0 spiro atoms. The summed E-state index contributed by atoms with van der Waals surface area (Å²) in [6, 6.07) is 0.548. The average Bonchev–Trinajstić information content (AvgIpc) is 2.42. The zero-order valence-corrected chi connectivity index (χ0v) is 10.6. The number of hydrogen-bond acceptors (Lipinski definition) is 3. The third-order valence-electron chi connectivity index (χ3n) is 3.53. The molecule has 16 heavy (non-hydrogen) atoms. The van der Waals surface area contributed by atoms with Gasteiger partial charge in [-0.15, -0.1) is 0 Å². The van der Waals surface area contributed by atoms with Gasteiger partial charge in [0.1, 0.15) is 0 Å². The monoisotopic (exact) mass is 228 g/mol. The minimum atomic E-state index is -0.697. The molecule has 0 radical (unpaired) electrons. The van der Waals surface area contributed by atoms with E-state index in [1.165, 1.54) is 19.4 Å². The maximum atomic E-state index is 10.8. The number of likely N-dealkylation sites (tertiary alicyclic amines) is 1. The fourth-order valence-corrected chi connectivity index (χ4v) is 2.32. The number of aliphatic carboxylic acids is 1. The Balaban J connectivity index is 2.40. The molecule has 0 aromatic heterocycles. The summed E-state index contributed by atoms with van der Waals surface area (Å²) in [5.74, 6) is -0.969. The number of carboxylic acid groups (broad SMARTS) is 1. The summed E-state index contributed by atoms with van der Waals surface area (Å²) in [5.41, 5.74) is 0. The summed E-state index contributed by atoms with van der Waals surface area (Å²) in [4.78, 5) is 15.4. The third kappa shape index (κ3) is 4.10. The molecule has 1 rings (SSSR count). The fraction of sp³-hybridized carbons (Fsp3) is 0.917. The van der Waals surface area contributed by atoms with Crippen molar-refractivity contribution in [2.75, 3.05) is 33.7 Å². The number of nitrogens with zero attached hydrogens (tertiary/aromatic N) is 2. The molecule has 0 aromatic carbocycles. The molecular weight excluding hydrogens is 204 g/mol. The van der Waals surface area contributed by atoms with E-state index in [9.17, 15) is 4.79 Å². The highest BCUT2D eigenvalue weighted by molar-refractivity contribution is 5.69. The van der Waals surface area contributed by atoms with E-state index < -0.39 is 5.97 Å². The molecule has 4 nitrogen and oxygen atoms in total. The Labute approximate surface area is 98.2 Å². The van der Waals surface area contributed by atoms with Crippen LogP contribution in [0.3, 0.4) is 0 Å². The second-order valence-electron chi connectivity index (χ2n) is 5.07. The molecule has 0 aromatic rings. The number of hydrogen-bond donors (Lipinski definition) is 1. The van der Waals surface area contributed by atoms with E-state index in [0.717, 1.165) is 13.0 Å². The van der Waals surface area contributed by atoms with Crippen molar-refractivity contribution in [1.82, 2.24) is 9.80 Å². The maximum Gasteiger partial charge on any atom is 0.307 e. The van der Waals surface area contributed by atoms with E-state index in [4.69, 9.17) is 5.11 Å². The minimum Gasteiger partial charge on any atom is -0.481 e. The molecule has 1 N–H and O–H groups in total. The molecule has 2 unspecified atom stereocenters. The van der Waals surface area contributed by atoms with Crippen molar-refractivity contribution in [2.24, 2.45) is 5.92 Å². The fourth-order valence-electron chi connectivity index (χ4n) is 2.32. The van der Waals surface area contributed by atoms with E-state index in [1.54, 1.807) is 6.92 Å². The summed E-state index contributed by atoms with van der Waals surface area (Å²) < 4.78 is 0. The standard InChI is InChI=1S/C12H24N2O2/c1-10(12(15)16)9-14(3)11-5-4-7-13(2)8-6-11/h10-11H,4-9H2,1-3H3,(H,15,16). The minimum absolute atomic E-state index is 0.272. The lowest BCUT2D eigenvalue weighted by molar-refractivity contribution is -0.141. The van der Waals surface area contributed by atoms with Gasteiger partial charge >= 0.3 is 5.97 Å². The van der Waals surface area contributed by atoms with Crippen LogP contribution in [0.2, 0.25) is 0 Å². The number of carbonyl (C=O) groups is 1. The van der Waals surface area contributed by atoms with Crippen LogP contribution in [0.25, 0.3) is 0 Å². The van der Waals surface area contributed by atoms with Crippen LogP contribution in [0.4, 0.5) is 0 Å². The maximum absolute atomic E-state index is 10.8. The largest absolute Gasteiger partial charge is 0.481 e. The van der Waals surface area contributed by atoms with Gasteiger partial charge in [-0.05, 0) is 46.4 Å². The quantitative estimate of drug-likeness (QED) is 0.783. The van der Waals surface area contributed by atoms with Crippen molar-refractivity contribution in [3.8, 4) is 0 Å². The van der Waals surface area contributed by atoms with E-state index in [1.807, 2.05) is 0 Å². The second kappa shape index (κ2) is 6.21.